The first kappa shape index (κ1) is 10.9. The van der Waals surface area contributed by atoms with E-state index in [-0.39, 0.29) is 12.8 Å². The van der Waals surface area contributed by atoms with Crippen LogP contribution in [0.3, 0.4) is 0 Å². The van der Waals surface area contributed by atoms with E-state index in [0.717, 1.165) is 0 Å². The zero-order chi connectivity index (χ0) is 9.72. The molecule has 2 atom stereocenters. The number of carboxylic acids is 2. The number of hydrogen-bond donors (Lipinski definition) is 4. The zero-order valence-corrected chi connectivity index (χ0v) is 6.69. The summed E-state index contributed by atoms with van der Waals surface area (Å²) in [4.78, 5) is 20.5. The Kier molecular flexibility index (Phi) is 4.24. The van der Waals surface area contributed by atoms with E-state index in [9.17, 15) is 9.59 Å². The van der Waals surface area contributed by atoms with Crippen molar-refractivity contribution in [3.63, 3.8) is 0 Å². The fourth-order valence-corrected chi connectivity index (χ4v) is 0.649. The summed E-state index contributed by atoms with van der Waals surface area (Å²) in [5.74, 6) is -2.01. The molecule has 12 heavy (non-hydrogen) atoms. The van der Waals surface area contributed by atoms with Crippen molar-refractivity contribution in [1.29, 1.82) is 0 Å². The number of aliphatic carboxylic acids is 2. The van der Waals surface area contributed by atoms with Crippen molar-refractivity contribution in [2.75, 3.05) is 0 Å². The van der Waals surface area contributed by atoms with E-state index in [0.29, 0.717) is 0 Å². The molecule has 8 N–H and O–H groups in total. The van der Waals surface area contributed by atoms with E-state index in [4.69, 9.17) is 10.2 Å². The largest absolute Gasteiger partial charge is 0.477 e. The molecule has 0 spiro atoms. The van der Waals surface area contributed by atoms with Crippen LogP contribution >= 0.6 is 0 Å². The first-order valence-electron chi connectivity index (χ1n) is 3.57. The van der Waals surface area contributed by atoms with Gasteiger partial charge >= 0.3 is 11.9 Å². The van der Waals surface area contributed by atoms with Crippen LogP contribution in [0.1, 0.15) is 12.8 Å². The molecule has 6 nitrogen and oxygen atoms in total. The van der Waals surface area contributed by atoms with E-state index >= 15 is 0 Å². The highest BCUT2D eigenvalue weighted by atomic mass is 16.4. The Labute approximate surface area is 69.2 Å². The predicted octanol–water partition coefficient (Wildman–Crippen LogP) is -2.84. The highest BCUT2D eigenvalue weighted by molar-refractivity contribution is 5.73. The molecule has 0 aliphatic carbocycles. The standard InChI is InChI=1S/C6H12N2O4/c7-3(5(9)10)1-2-4(8)6(11)12/h3-4H,1-2,7-8H2,(H,9,10)(H,11,12)/p+2/t3-,4+. The third-order valence-electron chi connectivity index (χ3n) is 1.56. The van der Waals surface area contributed by atoms with Gasteiger partial charge in [0, 0.05) is 12.8 Å². The van der Waals surface area contributed by atoms with Gasteiger partial charge < -0.3 is 21.7 Å². The van der Waals surface area contributed by atoms with Crippen LogP contribution in [-0.2, 0) is 9.59 Å². The Morgan fingerprint density at radius 2 is 1.25 bits per heavy atom. The molecular weight excluding hydrogens is 164 g/mol. The number of quaternary nitrogens is 2. The monoisotopic (exact) mass is 178 g/mol. The van der Waals surface area contributed by atoms with E-state index < -0.39 is 24.0 Å². The van der Waals surface area contributed by atoms with Crippen molar-refractivity contribution < 1.29 is 31.3 Å². The second-order valence-corrected chi connectivity index (χ2v) is 2.65. The van der Waals surface area contributed by atoms with Crippen LogP contribution in [0.5, 0.6) is 0 Å². The lowest BCUT2D eigenvalue weighted by molar-refractivity contribution is -0.426. The Balaban J connectivity index is 3.68. The van der Waals surface area contributed by atoms with E-state index in [1.54, 1.807) is 0 Å². The average molecular weight is 178 g/mol. The normalized spacial score (nSPS) is 15.2. The van der Waals surface area contributed by atoms with Crippen molar-refractivity contribution in [2.45, 2.75) is 24.9 Å². The number of rotatable bonds is 5. The molecule has 0 unspecified atom stereocenters. The van der Waals surface area contributed by atoms with Gasteiger partial charge in [0.05, 0.1) is 0 Å². The summed E-state index contributed by atoms with van der Waals surface area (Å²) in [5.41, 5.74) is 6.70. The SMILES string of the molecule is [NH3+][C@H](CC[C@H]([NH3+])C(=O)O)C(=O)O. The fourth-order valence-electron chi connectivity index (χ4n) is 0.649. The van der Waals surface area contributed by atoms with Gasteiger partial charge in [0.2, 0.25) is 0 Å². The summed E-state index contributed by atoms with van der Waals surface area (Å²) >= 11 is 0. The molecule has 0 saturated carbocycles. The Morgan fingerprint density at radius 1 is 1.00 bits per heavy atom. The smallest absolute Gasteiger partial charge is 0.362 e. The number of carbonyl (C=O) groups is 2. The van der Waals surface area contributed by atoms with Crippen molar-refractivity contribution in [3.8, 4) is 0 Å². The fraction of sp³-hybridized carbons (Fsp3) is 0.667. The first-order chi connectivity index (χ1) is 5.45. The van der Waals surface area contributed by atoms with E-state index in [2.05, 4.69) is 11.5 Å². The summed E-state index contributed by atoms with van der Waals surface area (Å²) in [6, 6.07) is -1.48. The van der Waals surface area contributed by atoms with Crippen molar-refractivity contribution in [2.24, 2.45) is 0 Å². The molecule has 0 aromatic carbocycles. The molecule has 0 radical (unpaired) electrons. The van der Waals surface area contributed by atoms with Gasteiger partial charge in [-0.15, -0.1) is 0 Å². The summed E-state index contributed by atoms with van der Waals surface area (Å²) in [6.45, 7) is 0. The third-order valence-corrected chi connectivity index (χ3v) is 1.56. The summed E-state index contributed by atoms with van der Waals surface area (Å²) in [7, 11) is 0. The second kappa shape index (κ2) is 4.68. The second-order valence-electron chi connectivity index (χ2n) is 2.65. The van der Waals surface area contributed by atoms with Crippen LogP contribution in [0.15, 0.2) is 0 Å². The van der Waals surface area contributed by atoms with Gasteiger partial charge in [0.1, 0.15) is 0 Å². The maximum Gasteiger partial charge on any atom is 0.362 e. The number of carboxylic acid groups (broad SMARTS) is 2. The highest BCUT2D eigenvalue weighted by Gasteiger charge is 2.21. The molecule has 0 amide bonds. The quantitative estimate of drug-likeness (QED) is 0.361. The molecule has 0 aromatic heterocycles. The Hall–Kier alpha value is -1.14. The minimum atomic E-state index is -1.01. The van der Waals surface area contributed by atoms with Crippen LogP contribution < -0.4 is 11.5 Å². The van der Waals surface area contributed by atoms with Crippen LogP contribution in [0.2, 0.25) is 0 Å². The summed E-state index contributed by atoms with van der Waals surface area (Å²) in [5, 5.41) is 16.8. The molecule has 6 heteroatoms. The van der Waals surface area contributed by atoms with Gasteiger partial charge in [-0.2, -0.15) is 0 Å². The molecule has 0 bridgehead atoms. The number of hydrogen-bond acceptors (Lipinski definition) is 2. The van der Waals surface area contributed by atoms with Crippen LogP contribution in [0, 0.1) is 0 Å². The molecule has 70 valence electrons. The van der Waals surface area contributed by atoms with E-state index in [1.165, 1.54) is 0 Å². The van der Waals surface area contributed by atoms with Crippen LogP contribution in [0.4, 0.5) is 0 Å². The Morgan fingerprint density at radius 3 is 1.42 bits per heavy atom. The molecule has 0 fully saturated rings. The van der Waals surface area contributed by atoms with Gasteiger partial charge in [0.25, 0.3) is 0 Å². The van der Waals surface area contributed by atoms with Crippen LogP contribution in [0.25, 0.3) is 0 Å². The highest BCUT2D eigenvalue weighted by Crippen LogP contribution is 1.95. The van der Waals surface area contributed by atoms with Gasteiger partial charge in [-0.3, -0.25) is 0 Å². The van der Waals surface area contributed by atoms with E-state index in [1.807, 2.05) is 0 Å². The minimum absolute atomic E-state index is 0.246. The van der Waals surface area contributed by atoms with Gasteiger partial charge in [0.15, 0.2) is 12.1 Å². The summed E-state index contributed by atoms with van der Waals surface area (Å²) in [6.07, 6.45) is 0.492. The Bertz CT molecular complexity index is 162. The van der Waals surface area contributed by atoms with Crippen LogP contribution in [-0.4, -0.2) is 34.2 Å². The predicted molar refractivity (Wildman–Crippen MR) is 37.9 cm³/mol. The zero-order valence-electron chi connectivity index (χ0n) is 6.69. The van der Waals surface area contributed by atoms with Crippen molar-refractivity contribution >= 4 is 11.9 Å². The third kappa shape index (κ3) is 3.89. The molecule has 0 aliphatic rings. The molecular formula is C6H14N2O4+2. The van der Waals surface area contributed by atoms with Gasteiger partial charge in [-0.05, 0) is 0 Å². The topological polar surface area (TPSA) is 130 Å². The van der Waals surface area contributed by atoms with Crippen molar-refractivity contribution in [1.82, 2.24) is 0 Å². The molecule has 0 aromatic rings. The lowest BCUT2D eigenvalue weighted by Gasteiger charge is -2.03. The minimum Gasteiger partial charge on any atom is -0.477 e. The molecule has 0 heterocycles. The molecule has 0 saturated heterocycles. The van der Waals surface area contributed by atoms with Gasteiger partial charge in [-0.1, -0.05) is 0 Å². The summed E-state index contributed by atoms with van der Waals surface area (Å²) < 4.78 is 0. The lowest BCUT2D eigenvalue weighted by atomic mass is 10.1. The maximum absolute atomic E-state index is 10.3. The molecule has 0 rings (SSSR count). The van der Waals surface area contributed by atoms with Crippen molar-refractivity contribution in [3.05, 3.63) is 0 Å². The first-order valence-corrected chi connectivity index (χ1v) is 3.57. The molecule has 0 aliphatic heterocycles. The maximum atomic E-state index is 10.3. The average Bonchev–Trinajstić information content (AvgIpc) is 1.98. The van der Waals surface area contributed by atoms with Gasteiger partial charge in [-0.25, -0.2) is 9.59 Å². The lowest BCUT2D eigenvalue weighted by Crippen LogP contribution is -2.68.